The van der Waals surface area contributed by atoms with Crippen LogP contribution in [0.5, 0.6) is 0 Å². The first-order valence-electron chi connectivity index (χ1n) is 10.2. The summed E-state index contributed by atoms with van der Waals surface area (Å²) in [6.07, 6.45) is 8.82. The zero-order chi connectivity index (χ0) is 18.9. The van der Waals surface area contributed by atoms with Crippen LogP contribution in [-0.4, -0.2) is 22.8 Å². The van der Waals surface area contributed by atoms with Crippen molar-refractivity contribution in [1.82, 2.24) is 0 Å². The van der Waals surface area contributed by atoms with Crippen LogP contribution in [0.2, 0.25) is 5.54 Å². The summed E-state index contributed by atoms with van der Waals surface area (Å²) >= 11 is 0. The van der Waals surface area contributed by atoms with E-state index >= 15 is 0 Å². The van der Waals surface area contributed by atoms with Gasteiger partial charge in [0.05, 0.1) is 0 Å². The fourth-order valence-corrected chi connectivity index (χ4v) is 9.74. The van der Waals surface area contributed by atoms with E-state index in [1.807, 2.05) is 14.2 Å². The highest BCUT2D eigenvalue weighted by molar-refractivity contribution is 6.71. The average Bonchev–Trinajstić information content (AvgIpc) is 3.08. The minimum Gasteiger partial charge on any atom is -0.397 e. The zero-order valence-electron chi connectivity index (χ0n) is 16.7. The van der Waals surface area contributed by atoms with E-state index in [1.54, 1.807) is 0 Å². The van der Waals surface area contributed by atoms with Crippen molar-refractivity contribution >= 4 is 14.6 Å². The predicted octanol–water partition coefficient (Wildman–Crippen LogP) is 6.46. The van der Waals surface area contributed by atoms with E-state index in [9.17, 15) is 0 Å². The molecular formula is C24H30O2Si. The van der Waals surface area contributed by atoms with E-state index in [4.69, 9.17) is 8.85 Å². The standard InChI is InChI=1S/C24H30O2Si/c1-18-17-23-21(19-11-6-4-7-12-19)15-10-16-22(23)24(18)27(25-2,26-3)20-13-8-5-9-14-20/h4,6-7,10-12,15-17,20,24H,5,8-9,13-14H2,1-3H3. The predicted molar refractivity (Wildman–Crippen MR) is 115 cm³/mol. The second-order valence-corrected chi connectivity index (χ2v) is 11.6. The number of hydrogen-bond acceptors (Lipinski definition) is 2. The van der Waals surface area contributed by atoms with E-state index in [-0.39, 0.29) is 5.54 Å². The molecule has 1 saturated carbocycles. The SMILES string of the molecule is CO[Si](OC)(C1CCCCC1)C1C(C)=Cc2c(-c3ccccc3)cccc21. The maximum atomic E-state index is 6.36. The van der Waals surface area contributed by atoms with Gasteiger partial charge in [0, 0.05) is 25.3 Å². The first kappa shape index (κ1) is 18.7. The number of benzene rings is 2. The van der Waals surface area contributed by atoms with Crippen molar-refractivity contribution < 1.29 is 8.85 Å². The lowest BCUT2D eigenvalue weighted by molar-refractivity contribution is 0.209. The van der Waals surface area contributed by atoms with Crippen molar-refractivity contribution in [3.8, 4) is 11.1 Å². The monoisotopic (exact) mass is 378 g/mol. The van der Waals surface area contributed by atoms with Crippen LogP contribution in [0.1, 0.15) is 55.7 Å². The summed E-state index contributed by atoms with van der Waals surface area (Å²) in [4.78, 5) is 0. The molecule has 4 rings (SSSR count). The molecule has 1 unspecified atom stereocenters. The number of rotatable bonds is 5. The second kappa shape index (κ2) is 7.74. The highest BCUT2D eigenvalue weighted by atomic mass is 28.4. The van der Waals surface area contributed by atoms with E-state index in [1.165, 1.54) is 59.9 Å². The van der Waals surface area contributed by atoms with Crippen molar-refractivity contribution in [3.05, 3.63) is 65.2 Å². The summed E-state index contributed by atoms with van der Waals surface area (Å²) in [5, 5.41) is 0. The first-order chi connectivity index (χ1) is 13.2. The van der Waals surface area contributed by atoms with Crippen molar-refractivity contribution in [1.29, 1.82) is 0 Å². The van der Waals surface area contributed by atoms with Gasteiger partial charge in [0.1, 0.15) is 0 Å². The van der Waals surface area contributed by atoms with Crippen LogP contribution in [-0.2, 0) is 8.85 Å². The molecule has 2 nitrogen and oxygen atoms in total. The molecule has 3 heteroatoms. The first-order valence-corrected chi connectivity index (χ1v) is 12.1. The van der Waals surface area contributed by atoms with E-state index in [2.05, 4.69) is 61.5 Å². The summed E-state index contributed by atoms with van der Waals surface area (Å²) < 4.78 is 12.7. The lowest BCUT2D eigenvalue weighted by atomic mass is 9.97. The molecule has 0 radical (unpaired) electrons. The topological polar surface area (TPSA) is 18.5 Å². The molecule has 2 aliphatic rings. The Hall–Kier alpha value is -1.68. The number of hydrogen-bond donors (Lipinski definition) is 0. The van der Waals surface area contributed by atoms with Gasteiger partial charge in [-0.2, -0.15) is 0 Å². The second-order valence-electron chi connectivity index (χ2n) is 7.96. The maximum Gasteiger partial charge on any atom is 0.352 e. The van der Waals surface area contributed by atoms with Gasteiger partial charge in [-0.1, -0.05) is 79.4 Å². The van der Waals surface area contributed by atoms with Gasteiger partial charge in [-0.05, 0) is 42.0 Å². The summed E-state index contributed by atoms with van der Waals surface area (Å²) in [6, 6.07) is 17.4. The molecule has 1 atom stereocenters. The molecule has 0 amide bonds. The molecule has 0 N–H and O–H groups in total. The molecule has 142 valence electrons. The molecular weight excluding hydrogens is 348 g/mol. The van der Waals surface area contributed by atoms with Gasteiger partial charge in [0.2, 0.25) is 0 Å². The molecule has 0 bridgehead atoms. The lowest BCUT2D eigenvalue weighted by Crippen LogP contribution is -2.51. The van der Waals surface area contributed by atoms with Gasteiger partial charge in [-0.15, -0.1) is 0 Å². The summed E-state index contributed by atoms with van der Waals surface area (Å²) in [6.45, 7) is 2.27. The van der Waals surface area contributed by atoms with Crippen molar-refractivity contribution in [3.63, 3.8) is 0 Å². The molecule has 0 heterocycles. The van der Waals surface area contributed by atoms with Crippen molar-refractivity contribution in [2.24, 2.45) is 0 Å². The van der Waals surface area contributed by atoms with Crippen LogP contribution < -0.4 is 0 Å². The molecule has 2 aliphatic carbocycles. The van der Waals surface area contributed by atoms with Crippen molar-refractivity contribution in [2.45, 2.75) is 50.1 Å². The van der Waals surface area contributed by atoms with Crippen LogP contribution in [0.4, 0.5) is 0 Å². The third-order valence-corrected chi connectivity index (χ3v) is 11.1. The Morgan fingerprint density at radius 3 is 2.22 bits per heavy atom. The smallest absolute Gasteiger partial charge is 0.352 e. The molecule has 2 aromatic rings. The summed E-state index contributed by atoms with van der Waals surface area (Å²) in [5.74, 6) is 0. The van der Waals surface area contributed by atoms with Crippen LogP contribution in [0, 0.1) is 0 Å². The largest absolute Gasteiger partial charge is 0.397 e. The molecule has 1 fully saturated rings. The Bertz CT molecular complexity index is 818. The summed E-state index contributed by atoms with van der Waals surface area (Å²) in [7, 11) is 1.36. The van der Waals surface area contributed by atoms with E-state index < -0.39 is 8.56 Å². The Kier molecular flexibility index (Phi) is 5.36. The average molecular weight is 379 g/mol. The fourth-order valence-electron chi connectivity index (χ4n) is 5.35. The van der Waals surface area contributed by atoms with Crippen LogP contribution in [0.15, 0.2) is 54.1 Å². The number of allylic oxidation sites excluding steroid dienone is 1. The summed E-state index contributed by atoms with van der Waals surface area (Å²) in [5.41, 5.74) is 7.60. The Morgan fingerprint density at radius 1 is 0.852 bits per heavy atom. The minimum absolute atomic E-state index is 0.286. The van der Waals surface area contributed by atoms with Gasteiger partial charge in [0.15, 0.2) is 0 Å². The van der Waals surface area contributed by atoms with Gasteiger partial charge in [-0.25, -0.2) is 0 Å². The molecule has 0 aromatic heterocycles. The van der Waals surface area contributed by atoms with Gasteiger partial charge in [0.25, 0.3) is 0 Å². The van der Waals surface area contributed by atoms with Crippen LogP contribution in [0.3, 0.4) is 0 Å². The van der Waals surface area contributed by atoms with Crippen molar-refractivity contribution in [2.75, 3.05) is 14.2 Å². The zero-order valence-corrected chi connectivity index (χ0v) is 17.7. The Balaban J connectivity index is 1.82. The quantitative estimate of drug-likeness (QED) is 0.556. The van der Waals surface area contributed by atoms with Crippen LogP contribution >= 0.6 is 0 Å². The van der Waals surface area contributed by atoms with E-state index in [0.717, 1.165) is 0 Å². The van der Waals surface area contributed by atoms with Gasteiger partial charge in [-0.3, -0.25) is 0 Å². The molecule has 27 heavy (non-hydrogen) atoms. The lowest BCUT2D eigenvalue weighted by Gasteiger charge is -2.42. The third kappa shape index (κ3) is 3.12. The Morgan fingerprint density at radius 2 is 1.56 bits per heavy atom. The van der Waals surface area contributed by atoms with Gasteiger partial charge < -0.3 is 8.85 Å². The molecule has 0 saturated heterocycles. The highest BCUT2D eigenvalue weighted by Crippen LogP contribution is 2.52. The Labute approximate surface area is 164 Å². The van der Waals surface area contributed by atoms with E-state index in [0.29, 0.717) is 5.54 Å². The molecule has 0 aliphatic heterocycles. The minimum atomic E-state index is -2.42. The molecule has 2 aromatic carbocycles. The number of fused-ring (bicyclic) bond motifs is 1. The normalized spacial score (nSPS) is 20.4. The fraction of sp³-hybridized carbons (Fsp3) is 0.417. The third-order valence-electron chi connectivity index (χ3n) is 6.58. The van der Waals surface area contributed by atoms with Crippen LogP contribution in [0.25, 0.3) is 17.2 Å². The molecule has 0 spiro atoms. The highest BCUT2D eigenvalue weighted by Gasteiger charge is 2.54. The maximum absolute atomic E-state index is 6.36. The van der Waals surface area contributed by atoms with Gasteiger partial charge >= 0.3 is 8.56 Å².